The van der Waals surface area contributed by atoms with Crippen LogP contribution in [0, 0.1) is 11.8 Å². The van der Waals surface area contributed by atoms with Crippen LogP contribution in [0.3, 0.4) is 0 Å². The van der Waals surface area contributed by atoms with Crippen LogP contribution in [0.15, 0.2) is 53.4 Å². The summed E-state index contributed by atoms with van der Waals surface area (Å²) in [5, 5.41) is 11.7. The summed E-state index contributed by atoms with van der Waals surface area (Å²) in [6, 6.07) is 14.3. The van der Waals surface area contributed by atoms with Gasteiger partial charge in [0.05, 0.1) is 30.6 Å². The fourth-order valence-electron chi connectivity index (χ4n) is 6.41. The van der Waals surface area contributed by atoms with Crippen molar-refractivity contribution >= 4 is 21.7 Å². The minimum atomic E-state index is -4.01. The molecule has 0 amide bonds. The number of esters is 1. The van der Waals surface area contributed by atoms with Crippen LogP contribution in [0.25, 0.3) is 0 Å². The molecule has 10 nitrogen and oxygen atoms in total. The fourth-order valence-corrected chi connectivity index (χ4v) is 8.10. The smallest absolute Gasteiger partial charge is 0.306 e. The first kappa shape index (κ1) is 32.8. The highest BCUT2D eigenvalue weighted by Crippen LogP contribution is 2.33. The van der Waals surface area contributed by atoms with Crippen LogP contribution in [0.4, 0.5) is 5.69 Å². The SMILES string of the molecule is Nc1ccc2c(c1)COCCCCCCCN(C[C@@H](O)[C@@H](CC(=O)O[C@@H]1CO[C@@H]3OCCC[C@@H]31)Cc1ccccc1)S2(=O)=O. The van der Waals surface area contributed by atoms with Gasteiger partial charge in [-0.05, 0) is 61.4 Å². The number of nitrogens with two attached hydrogens (primary N) is 1. The summed E-state index contributed by atoms with van der Waals surface area (Å²) in [6.45, 7) is 1.72. The number of aliphatic hydroxyl groups excluding tert-OH is 1. The quantitative estimate of drug-likeness (QED) is 0.327. The zero-order valence-electron chi connectivity index (χ0n) is 25.3. The topological polar surface area (TPSA) is 138 Å². The second-order valence-electron chi connectivity index (χ2n) is 12.2. The van der Waals surface area contributed by atoms with Crippen molar-refractivity contribution in [1.29, 1.82) is 0 Å². The number of carbonyl (C=O) groups excluding carboxylic acids is 1. The van der Waals surface area contributed by atoms with E-state index < -0.39 is 34.1 Å². The molecule has 0 bridgehead atoms. The fraction of sp³-hybridized carbons (Fsp3) is 0.606. The average molecular weight is 631 g/mol. The van der Waals surface area contributed by atoms with Gasteiger partial charge < -0.3 is 29.8 Å². The summed E-state index contributed by atoms with van der Waals surface area (Å²) in [6.07, 6.45) is 4.64. The van der Waals surface area contributed by atoms with Gasteiger partial charge in [0.15, 0.2) is 6.29 Å². The molecule has 0 aliphatic carbocycles. The molecular formula is C33H46N2O8S. The average Bonchev–Trinajstić information content (AvgIpc) is 3.42. The first-order chi connectivity index (χ1) is 21.3. The van der Waals surface area contributed by atoms with Crippen molar-refractivity contribution in [2.45, 2.75) is 87.8 Å². The number of hydrogen-bond acceptors (Lipinski definition) is 9. The molecule has 0 unspecified atom stereocenters. The molecule has 242 valence electrons. The summed E-state index contributed by atoms with van der Waals surface area (Å²) in [5.74, 6) is -1.00. The first-order valence-corrected chi connectivity index (χ1v) is 17.4. The highest BCUT2D eigenvalue weighted by molar-refractivity contribution is 7.89. The van der Waals surface area contributed by atoms with Crippen molar-refractivity contribution in [2.24, 2.45) is 11.8 Å². The molecule has 0 aromatic heterocycles. The predicted molar refractivity (Wildman–Crippen MR) is 165 cm³/mol. The second-order valence-corrected chi connectivity index (χ2v) is 14.1. The molecular weight excluding hydrogens is 584 g/mol. The molecule has 11 heteroatoms. The van der Waals surface area contributed by atoms with Crippen LogP contribution in [0.1, 0.15) is 62.5 Å². The lowest BCUT2D eigenvalue weighted by Crippen LogP contribution is -2.42. The number of nitrogen functional groups attached to an aromatic ring is 1. The van der Waals surface area contributed by atoms with Crippen LogP contribution in [0.5, 0.6) is 0 Å². The molecule has 0 spiro atoms. The minimum absolute atomic E-state index is 0.0000395. The maximum atomic E-state index is 14.1. The van der Waals surface area contributed by atoms with Crippen LogP contribution < -0.4 is 5.73 Å². The third-order valence-electron chi connectivity index (χ3n) is 8.86. The molecule has 3 N–H and O–H groups in total. The Kier molecular flexibility index (Phi) is 11.7. The van der Waals surface area contributed by atoms with E-state index in [1.807, 2.05) is 30.3 Å². The molecule has 2 fully saturated rings. The highest BCUT2D eigenvalue weighted by Gasteiger charge is 2.42. The molecule has 3 heterocycles. The number of ether oxygens (including phenoxy) is 4. The molecule has 44 heavy (non-hydrogen) atoms. The maximum absolute atomic E-state index is 14.1. The molecule has 0 saturated carbocycles. The van der Waals surface area contributed by atoms with E-state index in [1.54, 1.807) is 12.1 Å². The van der Waals surface area contributed by atoms with Gasteiger partial charge in [0.1, 0.15) is 6.10 Å². The van der Waals surface area contributed by atoms with Crippen LogP contribution in [-0.2, 0) is 46.8 Å². The maximum Gasteiger partial charge on any atom is 0.306 e. The van der Waals surface area contributed by atoms with Crippen LogP contribution >= 0.6 is 0 Å². The minimum Gasteiger partial charge on any atom is -0.459 e. The lowest BCUT2D eigenvalue weighted by atomic mass is 9.90. The van der Waals surface area contributed by atoms with E-state index in [4.69, 9.17) is 24.7 Å². The Bertz CT molecular complexity index is 1320. The van der Waals surface area contributed by atoms with E-state index in [9.17, 15) is 18.3 Å². The Hall–Kier alpha value is -2.54. The normalized spacial score (nSPS) is 26.2. The van der Waals surface area contributed by atoms with Crippen molar-refractivity contribution in [3.63, 3.8) is 0 Å². The van der Waals surface area contributed by atoms with Gasteiger partial charge in [-0.1, -0.05) is 49.6 Å². The molecule has 5 atom stereocenters. The number of hydrogen-bond donors (Lipinski definition) is 2. The van der Waals surface area contributed by atoms with E-state index in [1.165, 1.54) is 10.4 Å². The Balaban J connectivity index is 1.35. The van der Waals surface area contributed by atoms with Crippen molar-refractivity contribution in [1.82, 2.24) is 4.31 Å². The van der Waals surface area contributed by atoms with Gasteiger partial charge in [-0.15, -0.1) is 0 Å². The van der Waals surface area contributed by atoms with Gasteiger partial charge in [0, 0.05) is 43.8 Å². The summed E-state index contributed by atoms with van der Waals surface area (Å²) < 4.78 is 52.7. The van der Waals surface area contributed by atoms with Gasteiger partial charge in [-0.3, -0.25) is 4.79 Å². The molecule has 3 aliphatic heterocycles. The number of nitrogens with zero attached hydrogens (tertiary/aromatic N) is 1. The van der Waals surface area contributed by atoms with E-state index >= 15 is 0 Å². The van der Waals surface area contributed by atoms with Crippen molar-refractivity contribution < 1.29 is 37.3 Å². The van der Waals surface area contributed by atoms with Crippen LogP contribution in [0.2, 0.25) is 0 Å². The molecule has 2 aromatic rings. The molecule has 3 aliphatic rings. The standard InChI is InChI=1S/C33H46N2O8S/c34-27-13-14-31-26(19-27)22-40-16-8-3-1-2-7-15-35(44(31,38)39)21-29(36)25(18-24-10-5-4-6-11-24)20-32(37)43-30-23-42-33-28(30)12-9-17-41-33/h4-6,10-11,13-14,19,25,28-30,33,36H,1-3,7-9,12,15-18,20-23,34H2/t25-,28-,29-,30-,33+/m1/s1. The van der Waals surface area contributed by atoms with Gasteiger partial charge in [0.25, 0.3) is 0 Å². The number of aliphatic hydroxyl groups is 1. The largest absolute Gasteiger partial charge is 0.459 e. The summed E-state index contributed by atoms with van der Waals surface area (Å²) in [7, 11) is -4.01. The lowest BCUT2D eigenvalue weighted by molar-refractivity contribution is -0.160. The number of sulfonamides is 1. The van der Waals surface area contributed by atoms with Gasteiger partial charge >= 0.3 is 5.97 Å². The summed E-state index contributed by atoms with van der Waals surface area (Å²) in [4.78, 5) is 13.4. The number of rotatable bonds is 8. The second kappa shape index (κ2) is 15.6. The predicted octanol–water partition coefficient (Wildman–Crippen LogP) is 4.04. The van der Waals surface area contributed by atoms with Crippen molar-refractivity contribution in [3.8, 4) is 0 Å². The van der Waals surface area contributed by atoms with Crippen molar-refractivity contribution in [3.05, 3.63) is 59.7 Å². The highest BCUT2D eigenvalue weighted by atomic mass is 32.2. The third kappa shape index (κ3) is 8.58. The van der Waals surface area contributed by atoms with Gasteiger partial charge in [0.2, 0.25) is 10.0 Å². The Morgan fingerprint density at radius 3 is 2.66 bits per heavy atom. The van der Waals surface area contributed by atoms with Crippen molar-refractivity contribution in [2.75, 3.05) is 38.6 Å². The van der Waals surface area contributed by atoms with E-state index in [0.29, 0.717) is 37.3 Å². The monoisotopic (exact) mass is 630 g/mol. The zero-order valence-corrected chi connectivity index (χ0v) is 26.2. The number of fused-ring (bicyclic) bond motifs is 2. The third-order valence-corrected chi connectivity index (χ3v) is 10.8. The number of anilines is 1. The zero-order chi connectivity index (χ0) is 30.9. The molecule has 2 saturated heterocycles. The number of benzene rings is 2. The summed E-state index contributed by atoms with van der Waals surface area (Å²) in [5.41, 5.74) is 7.92. The Morgan fingerprint density at radius 1 is 1.02 bits per heavy atom. The molecule has 5 rings (SSSR count). The Labute approximate surface area is 260 Å². The molecule has 0 radical (unpaired) electrons. The van der Waals surface area contributed by atoms with Crippen LogP contribution in [-0.4, -0.2) is 75.2 Å². The van der Waals surface area contributed by atoms with E-state index in [-0.39, 0.29) is 49.8 Å². The van der Waals surface area contributed by atoms with Gasteiger partial charge in [-0.2, -0.15) is 4.31 Å². The first-order valence-electron chi connectivity index (χ1n) is 15.9. The molecule has 2 aromatic carbocycles. The number of β-amino-alcohol motifs (C(OH)–C–C–N with tert-alkyl or cyclic N) is 1. The number of carbonyl (C=O) groups is 1. The van der Waals surface area contributed by atoms with E-state index in [0.717, 1.165) is 44.1 Å². The van der Waals surface area contributed by atoms with Gasteiger partial charge in [-0.25, -0.2) is 8.42 Å². The summed E-state index contributed by atoms with van der Waals surface area (Å²) >= 11 is 0. The van der Waals surface area contributed by atoms with E-state index in [2.05, 4.69) is 0 Å². The Morgan fingerprint density at radius 2 is 1.82 bits per heavy atom. The lowest BCUT2D eigenvalue weighted by Gasteiger charge is -2.30.